The Balaban J connectivity index is 3.06. The van der Waals surface area contributed by atoms with Crippen molar-refractivity contribution in [1.82, 2.24) is 9.91 Å². The number of alkyl halides is 1. The van der Waals surface area contributed by atoms with Gasteiger partial charge in [-0.15, -0.1) is 16.5 Å². The lowest BCUT2D eigenvalue weighted by Crippen LogP contribution is -2.65. The predicted molar refractivity (Wildman–Crippen MR) is 108 cm³/mol. The van der Waals surface area contributed by atoms with Crippen LogP contribution in [0, 0.1) is 10.8 Å². The summed E-state index contributed by atoms with van der Waals surface area (Å²) in [6, 6.07) is -0.918. The summed E-state index contributed by atoms with van der Waals surface area (Å²) < 4.78 is 10.9. The van der Waals surface area contributed by atoms with Gasteiger partial charge in [-0.25, -0.2) is 4.79 Å². The highest BCUT2D eigenvalue weighted by molar-refractivity contribution is 6.18. The first-order chi connectivity index (χ1) is 14.2. The van der Waals surface area contributed by atoms with Crippen LogP contribution >= 0.6 is 11.6 Å². The molecule has 0 saturated carbocycles. The number of hydrogen-bond acceptors (Lipinski definition) is 9. The molecule has 30 heavy (non-hydrogen) atoms. The molecule has 0 aromatic carbocycles. The summed E-state index contributed by atoms with van der Waals surface area (Å²) in [6.45, 7) is 5.85. The van der Waals surface area contributed by atoms with Crippen molar-refractivity contribution in [3.8, 4) is 0 Å². The van der Waals surface area contributed by atoms with Gasteiger partial charge in [0.05, 0.1) is 11.8 Å². The summed E-state index contributed by atoms with van der Waals surface area (Å²) >= 11 is 5.60. The molecule has 0 bridgehead atoms. The van der Waals surface area contributed by atoms with Gasteiger partial charge in [0, 0.05) is 19.0 Å². The number of rotatable bonds is 12. The molecule has 2 amide bonds. The largest absolute Gasteiger partial charge is 0.387 e. The van der Waals surface area contributed by atoms with Crippen LogP contribution in [0.3, 0.4) is 0 Å². The minimum atomic E-state index is -1.75. The van der Waals surface area contributed by atoms with Gasteiger partial charge in [-0.3, -0.25) is 4.90 Å². The number of aliphatic hydroxyl groups excluding tert-OH is 4. The number of amides is 2. The maximum absolute atomic E-state index is 12.8. The van der Waals surface area contributed by atoms with E-state index >= 15 is 0 Å². The zero-order valence-corrected chi connectivity index (χ0v) is 18.4. The Morgan fingerprint density at radius 2 is 1.87 bits per heavy atom. The Morgan fingerprint density at radius 1 is 1.20 bits per heavy atom. The molecule has 1 fully saturated rings. The molecule has 1 heterocycles. The number of halogens is 1. The van der Waals surface area contributed by atoms with Crippen LogP contribution in [0.5, 0.6) is 0 Å². The first kappa shape index (κ1) is 27.0. The van der Waals surface area contributed by atoms with Crippen LogP contribution < -0.4 is 0 Å². The van der Waals surface area contributed by atoms with Crippen molar-refractivity contribution in [2.75, 3.05) is 25.6 Å². The van der Waals surface area contributed by atoms with Gasteiger partial charge < -0.3 is 29.9 Å². The van der Waals surface area contributed by atoms with E-state index < -0.39 is 43.0 Å². The smallest absolute Gasteiger partial charge is 0.345 e. The standard InChI is InChI=1S/C18H34ClN3O8/c1-4-5-10-29-17-14(25)12(23)13(24)15(30-17)16(26)21(8-6-11(2)3)18(27)22(20-28)9-7-19/h11-17,23-26H,4-10H2,1-3H3/t12-,13-,14+,15-,16?,17-/m0/s1. The van der Waals surface area contributed by atoms with Crippen LogP contribution in [0.4, 0.5) is 4.79 Å². The van der Waals surface area contributed by atoms with Gasteiger partial charge in [-0.2, -0.15) is 5.01 Å². The van der Waals surface area contributed by atoms with Gasteiger partial charge in [0.15, 0.2) is 12.5 Å². The van der Waals surface area contributed by atoms with Gasteiger partial charge in [0.1, 0.15) is 24.4 Å². The van der Waals surface area contributed by atoms with E-state index in [2.05, 4.69) is 5.29 Å². The number of nitrogens with zero attached hydrogens (tertiary/aromatic N) is 3. The quantitative estimate of drug-likeness (QED) is 0.110. The van der Waals surface area contributed by atoms with E-state index in [1.165, 1.54) is 0 Å². The van der Waals surface area contributed by atoms with Crippen LogP contribution in [0.25, 0.3) is 0 Å². The first-order valence-corrected chi connectivity index (χ1v) is 10.7. The third kappa shape index (κ3) is 7.26. The number of urea groups is 1. The predicted octanol–water partition coefficient (Wildman–Crippen LogP) is 0.619. The van der Waals surface area contributed by atoms with Gasteiger partial charge in [0.2, 0.25) is 0 Å². The molecule has 0 aromatic rings. The zero-order valence-electron chi connectivity index (χ0n) is 17.6. The van der Waals surface area contributed by atoms with Crippen LogP contribution in [0.15, 0.2) is 5.29 Å². The lowest BCUT2D eigenvalue weighted by atomic mass is 9.97. The highest BCUT2D eigenvalue weighted by Gasteiger charge is 2.49. The van der Waals surface area contributed by atoms with Gasteiger partial charge in [-0.1, -0.05) is 27.2 Å². The molecule has 1 unspecified atom stereocenters. The van der Waals surface area contributed by atoms with Gasteiger partial charge in [-0.05, 0) is 18.8 Å². The van der Waals surface area contributed by atoms with Crippen molar-refractivity contribution in [1.29, 1.82) is 0 Å². The van der Waals surface area contributed by atoms with E-state index in [1.807, 2.05) is 20.8 Å². The zero-order chi connectivity index (χ0) is 22.8. The van der Waals surface area contributed by atoms with Crippen molar-refractivity contribution < 1.29 is 34.7 Å². The summed E-state index contributed by atoms with van der Waals surface area (Å²) in [5.74, 6) is 0.111. The SMILES string of the molecule is CCCCO[C@H]1O[C@H](C(O)N(CCC(C)C)C(=O)N(CCCl)N=O)[C@@H](O)[C@H](O)[C@H]1O. The second kappa shape index (κ2) is 13.4. The Bertz CT molecular complexity index is 530. The van der Waals surface area contributed by atoms with Crippen molar-refractivity contribution >= 4 is 17.6 Å². The van der Waals surface area contributed by atoms with Gasteiger partial charge in [0.25, 0.3) is 0 Å². The lowest BCUT2D eigenvalue weighted by Gasteiger charge is -2.44. The van der Waals surface area contributed by atoms with E-state index in [0.717, 1.165) is 11.3 Å². The fourth-order valence-corrected chi connectivity index (χ4v) is 3.08. The number of carbonyl (C=O) groups is 1. The molecule has 176 valence electrons. The molecule has 1 aliphatic rings. The molecular formula is C18H34ClN3O8. The molecule has 6 atom stereocenters. The number of ether oxygens (including phenoxy) is 2. The summed E-state index contributed by atoms with van der Waals surface area (Å²) in [4.78, 5) is 24.7. The molecule has 4 N–H and O–H groups in total. The van der Waals surface area contributed by atoms with E-state index in [-0.39, 0.29) is 31.5 Å². The van der Waals surface area contributed by atoms with E-state index in [1.54, 1.807) is 0 Å². The van der Waals surface area contributed by atoms with Crippen molar-refractivity contribution in [3.05, 3.63) is 4.91 Å². The summed E-state index contributed by atoms with van der Waals surface area (Å²) in [7, 11) is 0. The molecule has 0 radical (unpaired) electrons. The van der Waals surface area contributed by atoms with Crippen molar-refractivity contribution in [2.45, 2.75) is 77.0 Å². The third-order valence-corrected chi connectivity index (χ3v) is 4.98. The summed E-state index contributed by atoms with van der Waals surface area (Å²) in [5.41, 5.74) is 0. The fourth-order valence-electron chi connectivity index (χ4n) is 2.92. The lowest BCUT2D eigenvalue weighted by molar-refractivity contribution is -0.318. The van der Waals surface area contributed by atoms with E-state index in [9.17, 15) is 30.1 Å². The molecule has 12 heteroatoms. The summed E-state index contributed by atoms with van der Waals surface area (Å²) in [6.07, 6.45) is -7.48. The van der Waals surface area contributed by atoms with Crippen LogP contribution in [0.2, 0.25) is 0 Å². The molecule has 1 rings (SSSR count). The van der Waals surface area contributed by atoms with Crippen LogP contribution in [-0.2, 0) is 9.47 Å². The molecule has 0 spiro atoms. The Morgan fingerprint density at radius 3 is 2.40 bits per heavy atom. The third-order valence-electron chi connectivity index (χ3n) is 4.81. The Kier molecular flexibility index (Phi) is 12.0. The van der Waals surface area contributed by atoms with E-state index in [4.69, 9.17) is 21.1 Å². The minimum absolute atomic E-state index is 0.0263. The average Bonchev–Trinajstić information content (AvgIpc) is 2.71. The minimum Gasteiger partial charge on any atom is -0.387 e. The molecule has 0 aliphatic carbocycles. The maximum atomic E-state index is 12.8. The number of hydrogen-bond donors (Lipinski definition) is 4. The number of aliphatic hydroxyl groups is 4. The number of carbonyl (C=O) groups excluding carboxylic acids is 1. The second-order valence-corrected chi connectivity index (χ2v) is 8.01. The molecular weight excluding hydrogens is 422 g/mol. The highest BCUT2D eigenvalue weighted by atomic mass is 35.5. The Hall–Kier alpha value is -1.08. The monoisotopic (exact) mass is 455 g/mol. The normalized spacial score (nSPS) is 27.7. The average molecular weight is 456 g/mol. The maximum Gasteiger partial charge on any atom is 0.345 e. The summed E-state index contributed by atoms with van der Waals surface area (Å²) in [5, 5.41) is 44.8. The van der Waals surface area contributed by atoms with Gasteiger partial charge >= 0.3 is 6.03 Å². The van der Waals surface area contributed by atoms with Crippen molar-refractivity contribution in [3.63, 3.8) is 0 Å². The van der Waals surface area contributed by atoms with Crippen LogP contribution in [0.1, 0.15) is 40.0 Å². The molecule has 1 aliphatic heterocycles. The van der Waals surface area contributed by atoms with E-state index in [0.29, 0.717) is 17.9 Å². The first-order valence-electron chi connectivity index (χ1n) is 10.2. The topological polar surface area (TPSA) is 152 Å². The fraction of sp³-hybridized carbons (Fsp3) is 0.944. The molecule has 1 saturated heterocycles. The Labute approximate surface area is 181 Å². The highest BCUT2D eigenvalue weighted by Crippen LogP contribution is 2.26. The number of nitroso groups, excluding NO2 is 1. The second-order valence-electron chi connectivity index (χ2n) is 7.63. The number of unbranched alkanes of at least 4 members (excludes halogenated alkanes) is 1. The molecule has 0 aromatic heterocycles. The molecule has 11 nitrogen and oxygen atoms in total. The van der Waals surface area contributed by atoms with Crippen LogP contribution in [-0.4, -0.2) is 98.9 Å². The van der Waals surface area contributed by atoms with Crippen molar-refractivity contribution in [2.24, 2.45) is 11.2 Å².